The zero-order valence-corrected chi connectivity index (χ0v) is 14.9. The van der Waals surface area contributed by atoms with Crippen molar-refractivity contribution in [2.45, 2.75) is 44.4 Å². The van der Waals surface area contributed by atoms with Crippen LogP contribution in [-0.2, 0) is 7.05 Å². The Morgan fingerprint density at radius 2 is 1.76 bits per heavy atom. The second-order valence-corrected chi connectivity index (χ2v) is 7.83. The molecule has 0 spiro atoms. The molecule has 2 heteroatoms. The van der Waals surface area contributed by atoms with Crippen molar-refractivity contribution >= 4 is 16.7 Å². The lowest BCUT2D eigenvalue weighted by Gasteiger charge is -2.40. The number of hydrogen-bond donors (Lipinski definition) is 0. The van der Waals surface area contributed by atoms with Crippen molar-refractivity contribution in [2.24, 2.45) is 7.05 Å². The number of hydrogen-bond acceptors (Lipinski definition) is 1. The van der Waals surface area contributed by atoms with Gasteiger partial charge in [0, 0.05) is 29.7 Å². The van der Waals surface area contributed by atoms with E-state index >= 15 is 0 Å². The van der Waals surface area contributed by atoms with Crippen molar-refractivity contribution in [3.05, 3.63) is 59.3 Å². The average Bonchev–Trinajstić information content (AvgIpc) is 3.02. The number of aryl methyl sites for hydroxylation is 1. The first-order valence-electron chi connectivity index (χ1n) is 9.36. The van der Waals surface area contributed by atoms with E-state index in [9.17, 15) is 4.79 Å². The summed E-state index contributed by atoms with van der Waals surface area (Å²) >= 11 is 0. The van der Waals surface area contributed by atoms with E-state index in [1.54, 1.807) is 6.92 Å². The Bertz CT molecular complexity index is 1000. The minimum absolute atomic E-state index is 0.172. The summed E-state index contributed by atoms with van der Waals surface area (Å²) in [5.74, 6) is 1.49. The van der Waals surface area contributed by atoms with E-state index < -0.39 is 0 Å². The van der Waals surface area contributed by atoms with Gasteiger partial charge in [0.25, 0.3) is 0 Å². The van der Waals surface area contributed by atoms with E-state index in [-0.39, 0.29) is 5.78 Å². The molecule has 2 bridgehead atoms. The zero-order chi connectivity index (χ0) is 17.1. The molecule has 0 amide bonds. The van der Waals surface area contributed by atoms with Crippen LogP contribution < -0.4 is 0 Å². The average molecular weight is 329 g/mol. The Hall–Kier alpha value is -2.35. The summed E-state index contributed by atoms with van der Waals surface area (Å²) in [7, 11) is 2.08. The summed E-state index contributed by atoms with van der Waals surface area (Å²) in [4.78, 5) is 12.1. The van der Waals surface area contributed by atoms with Crippen LogP contribution in [0.2, 0.25) is 0 Å². The van der Waals surface area contributed by atoms with Crippen LogP contribution in [0.1, 0.15) is 65.9 Å². The summed E-state index contributed by atoms with van der Waals surface area (Å²) in [5.41, 5.74) is 7.66. The van der Waals surface area contributed by atoms with Crippen molar-refractivity contribution in [2.75, 3.05) is 0 Å². The highest BCUT2D eigenvalue weighted by Gasteiger charge is 2.35. The van der Waals surface area contributed by atoms with Crippen molar-refractivity contribution < 1.29 is 4.79 Å². The van der Waals surface area contributed by atoms with Gasteiger partial charge in [0.05, 0.1) is 0 Å². The largest absolute Gasteiger partial charge is 0.351 e. The normalized spacial score (nSPS) is 21.5. The van der Waals surface area contributed by atoms with Crippen LogP contribution in [0.3, 0.4) is 0 Å². The van der Waals surface area contributed by atoms with E-state index in [4.69, 9.17) is 0 Å². The third-order valence-corrected chi connectivity index (χ3v) is 6.39. The highest BCUT2D eigenvalue weighted by Crippen LogP contribution is 2.52. The van der Waals surface area contributed by atoms with Gasteiger partial charge in [0.15, 0.2) is 5.78 Å². The first-order valence-corrected chi connectivity index (χ1v) is 9.36. The predicted molar refractivity (Wildman–Crippen MR) is 102 cm³/mol. The molecule has 1 heterocycles. The number of nitrogens with zero attached hydrogens (tertiary/aromatic N) is 1. The molecule has 2 nitrogen and oxygen atoms in total. The van der Waals surface area contributed by atoms with Gasteiger partial charge in [-0.25, -0.2) is 0 Å². The topological polar surface area (TPSA) is 22.0 Å². The second-order valence-electron chi connectivity index (χ2n) is 7.83. The lowest BCUT2D eigenvalue weighted by atomic mass is 9.65. The zero-order valence-electron chi connectivity index (χ0n) is 14.9. The molecule has 3 aliphatic carbocycles. The van der Waals surface area contributed by atoms with Gasteiger partial charge in [-0.1, -0.05) is 6.07 Å². The fourth-order valence-electron chi connectivity index (χ4n) is 5.05. The number of aromatic nitrogens is 1. The van der Waals surface area contributed by atoms with Gasteiger partial charge in [-0.2, -0.15) is 0 Å². The maximum Gasteiger partial charge on any atom is 0.159 e. The molecule has 3 aliphatic rings. The van der Waals surface area contributed by atoms with Gasteiger partial charge in [-0.15, -0.1) is 0 Å². The van der Waals surface area contributed by atoms with Crippen LogP contribution >= 0.6 is 0 Å². The number of carbonyl (C=O) groups is 1. The van der Waals surface area contributed by atoms with Crippen LogP contribution in [0, 0.1) is 0 Å². The number of ketones is 1. The number of rotatable bonds is 2. The van der Waals surface area contributed by atoms with Crippen molar-refractivity contribution in [3.8, 4) is 11.1 Å². The molecular weight excluding hydrogens is 306 g/mol. The molecule has 0 N–H and O–H groups in total. The number of Topliss-reactive ketones (excluding diaryl/α,β-unsaturated/α-hetero) is 1. The molecule has 0 aliphatic heterocycles. The Morgan fingerprint density at radius 1 is 1.00 bits per heavy atom. The summed E-state index contributed by atoms with van der Waals surface area (Å²) in [6.07, 6.45) is 7.29. The fourth-order valence-corrected chi connectivity index (χ4v) is 5.05. The van der Waals surface area contributed by atoms with Crippen molar-refractivity contribution in [1.82, 2.24) is 4.57 Å². The lowest BCUT2D eigenvalue weighted by Crippen LogP contribution is -2.23. The van der Waals surface area contributed by atoms with E-state index in [1.807, 2.05) is 0 Å². The first kappa shape index (κ1) is 14.9. The van der Waals surface area contributed by atoms with Gasteiger partial charge in [-0.3, -0.25) is 4.79 Å². The summed E-state index contributed by atoms with van der Waals surface area (Å²) < 4.78 is 2.16. The second kappa shape index (κ2) is 5.32. The smallest absolute Gasteiger partial charge is 0.159 e. The fraction of sp³-hybridized carbons (Fsp3) is 0.348. The van der Waals surface area contributed by atoms with Crippen molar-refractivity contribution in [3.63, 3.8) is 0 Å². The molecule has 25 heavy (non-hydrogen) atoms. The standard InChI is InChI=1S/C23H23NO/c1-14(25)19-12-20-15-3-5-16(6-4-15)23(20)21(13-19)17-7-8-22-18(11-17)9-10-24(22)2/h7-13,15-16H,3-6H2,1-2H3. The highest BCUT2D eigenvalue weighted by atomic mass is 16.1. The lowest BCUT2D eigenvalue weighted by molar-refractivity contribution is 0.101. The Kier molecular flexibility index (Phi) is 3.18. The SMILES string of the molecule is CC(=O)c1cc(-c2ccc3c(ccn3C)c2)c2c(c1)C1CCC2CC1. The van der Waals surface area contributed by atoms with Gasteiger partial charge in [0.2, 0.25) is 0 Å². The van der Waals surface area contributed by atoms with Gasteiger partial charge in [0.1, 0.15) is 0 Å². The molecule has 1 fully saturated rings. The molecule has 3 aromatic rings. The molecule has 2 aromatic carbocycles. The summed E-state index contributed by atoms with van der Waals surface area (Å²) in [6.45, 7) is 1.69. The molecule has 0 radical (unpaired) electrons. The predicted octanol–water partition coefficient (Wildman–Crippen LogP) is 5.80. The summed E-state index contributed by atoms with van der Waals surface area (Å²) in [6, 6.07) is 13.2. The van der Waals surface area contributed by atoms with Crippen LogP contribution in [0.5, 0.6) is 0 Å². The van der Waals surface area contributed by atoms with Crippen LogP contribution in [0.4, 0.5) is 0 Å². The summed E-state index contributed by atoms with van der Waals surface area (Å²) in [5, 5.41) is 1.27. The molecule has 0 unspecified atom stereocenters. The minimum Gasteiger partial charge on any atom is -0.351 e. The van der Waals surface area contributed by atoms with Gasteiger partial charge in [-0.05, 0) is 97.0 Å². The van der Waals surface area contributed by atoms with E-state index in [0.29, 0.717) is 11.8 Å². The van der Waals surface area contributed by atoms with E-state index in [0.717, 1.165) is 5.56 Å². The number of fused-ring (bicyclic) bond motifs is 3. The molecule has 0 atom stereocenters. The maximum absolute atomic E-state index is 12.1. The number of benzene rings is 2. The monoisotopic (exact) mass is 329 g/mol. The van der Waals surface area contributed by atoms with Gasteiger partial charge >= 0.3 is 0 Å². The third kappa shape index (κ3) is 2.20. The minimum atomic E-state index is 0.172. The molecular formula is C23H23NO. The highest BCUT2D eigenvalue weighted by molar-refractivity contribution is 5.97. The van der Waals surface area contributed by atoms with Gasteiger partial charge < -0.3 is 4.57 Å². The van der Waals surface area contributed by atoms with Crippen molar-refractivity contribution in [1.29, 1.82) is 0 Å². The molecule has 6 rings (SSSR count). The van der Waals surface area contributed by atoms with Crippen LogP contribution in [-0.4, -0.2) is 10.4 Å². The first-order chi connectivity index (χ1) is 12.1. The molecule has 1 saturated carbocycles. The van der Waals surface area contributed by atoms with Crippen LogP contribution in [0.25, 0.3) is 22.0 Å². The Morgan fingerprint density at radius 3 is 2.52 bits per heavy atom. The van der Waals surface area contributed by atoms with Crippen LogP contribution in [0.15, 0.2) is 42.6 Å². The molecule has 126 valence electrons. The Labute approximate surface area is 148 Å². The number of carbonyl (C=O) groups excluding carboxylic acids is 1. The third-order valence-electron chi connectivity index (χ3n) is 6.39. The quantitative estimate of drug-likeness (QED) is 0.544. The maximum atomic E-state index is 12.1. The molecule has 1 aromatic heterocycles. The molecule has 0 saturated heterocycles. The Balaban J connectivity index is 1.77. The van der Waals surface area contributed by atoms with E-state index in [2.05, 4.69) is 54.2 Å². The van der Waals surface area contributed by atoms with E-state index in [1.165, 1.54) is 58.8 Å².